The zero-order valence-electron chi connectivity index (χ0n) is 13.4. The molecule has 3 aromatic carbocycles. The van der Waals surface area contributed by atoms with Crippen LogP contribution >= 0.6 is 0 Å². The number of rotatable bonds is 2. The predicted octanol–water partition coefficient (Wildman–Crippen LogP) is 3.55. The van der Waals surface area contributed by atoms with Gasteiger partial charge in [0, 0.05) is 0 Å². The molecule has 0 radical (unpaired) electrons. The van der Waals surface area contributed by atoms with Gasteiger partial charge in [-0.2, -0.15) is 0 Å². The maximum absolute atomic E-state index is 13.0. The van der Waals surface area contributed by atoms with Gasteiger partial charge >= 0.3 is 5.97 Å². The maximum atomic E-state index is 13.0. The summed E-state index contributed by atoms with van der Waals surface area (Å²) in [6.07, 6.45) is 0. The minimum Gasteiger partial charge on any atom is -0.478 e. The molecule has 122 valence electrons. The fourth-order valence-corrected chi connectivity index (χ4v) is 3.04. The third kappa shape index (κ3) is 2.46. The lowest BCUT2D eigenvalue weighted by molar-refractivity contribution is 0.0697. The summed E-state index contributed by atoms with van der Waals surface area (Å²) in [5.41, 5.74) is 1.25. The van der Waals surface area contributed by atoms with E-state index < -0.39 is 5.97 Å². The van der Waals surface area contributed by atoms with E-state index in [9.17, 15) is 9.59 Å². The van der Waals surface area contributed by atoms with E-state index >= 15 is 0 Å². The number of carboxylic acid groups (broad SMARTS) is 1. The number of aromatic carboxylic acids is 1. The molecule has 0 aliphatic carbocycles. The lowest BCUT2D eigenvalue weighted by Crippen LogP contribution is -2.22. The summed E-state index contributed by atoms with van der Waals surface area (Å²) in [6.45, 7) is 1.77. The Labute approximate surface area is 142 Å². The first kappa shape index (κ1) is 15.1. The number of hydrogen-bond acceptors (Lipinski definition) is 3. The summed E-state index contributed by atoms with van der Waals surface area (Å²) >= 11 is 0. The Kier molecular flexibility index (Phi) is 3.35. The first-order valence-corrected chi connectivity index (χ1v) is 7.80. The Morgan fingerprint density at radius 1 is 1.00 bits per heavy atom. The highest BCUT2D eigenvalue weighted by molar-refractivity contribution is 5.96. The second-order valence-corrected chi connectivity index (χ2v) is 5.87. The van der Waals surface area contributed by atoms with E-state index in [2.05, 4.69) is 4.98 Å². The topological polar surface area (TPSA) is 72.2 Å². The Morgan fingerprint density at radius 2 is 1.64 bits per heavy atom. The fraction of sp³-hybridized carbons (Fsp3) is 0.0500. The number of aryl methyl sites for hydroxylation is 1. The number of hydrogen-bond donors (Lipinski definition) is 1. The highest BCUT2D eigenvalue weighted by Gasteiger charge is 2.12. The minimum absolute atomic E-state index is 0.170. The van der Waals surface area contributed by atoms with Crippen molar-refractivity contribution in [3.63, 3.8) is 0 Å². The number of fused-ring (bicyclic) bond motifs is 2. The first-order valence-electron chi connectivity index (χ1n) is 7.80. The van der Waals surface area contributed by atoms with Crippen LogP contribution in [0.2, 0.25) is 0 Å². The molecule has 0 aliphatic heterocycles. The van der Waals surface area contributed by atoms with Crippen molar-refractivity contribution in [1.82, 2.24) is 9.55 Å². The number of benzene rings is 3. The average molecular weight is 330 g/mol. The molecule has 0 amide bonds. The molecule has 25 heavy (non-hydrogen) atoms. The van der Waals surface area contributed by atoms with Gasteiger partial charge in [0.15, 0.2) is 0 Å². The van der Waals surface area contributed by atoms with Crippen LogP contribution < -0.4 is 5.56 Å². The second kappa shape index (κ2) is 5.56. The van der Waals surface area contributed by atoms with Crippen LogP contribution in [0, 0.1) is 6.92 Å². The van der Waals surface area contributed by atoms with Crippen LogP contribution in [0.4, 0.5) is 0 Å². The van der Waals surface area contributed by atoms with Crippen molar-refractivity contribution >= 4 is 27.6 Å². The third-order valence-corrected chi connectivity index (χ3v) is 4.28. The third-order valence-electron chi connectivity index (χ3n) is 4.28. The first-order chi connectivity index (χ1) is 12.0. The molecule has 0 spiro atoms. The summed E-state index contributed by atoms with van der Waals surface area (Å²) in [4.78, 5) is 28.6. The monoisotopic (exact) mass is 330 g/mol. The van der Waals surface area contributed by atoms with Crippen molar-refractivity contribution in [2.75, 3.05) is 0 Å². The Bertz CT molecular complexity index is 1190. The van der Waals surface area contributed by atoms with E-state index in [4.69, 9.17) is 5.11 Å². The minimum atomic E-state index is -1.00. The van der Waals surface area contributed by atoms with Crippen molar-refractivity contribution in [3.05, 3.63) is 82.4 Å². The van der Waals surface area contributed by atoms with Crippen molar-refractivity contribution in [2.24, 2.45) is 0 Å². The van der Waals surface area contributed by atoms with Gasteiger partial charge in [-0.25, -0.2) is 9.78 Å². The second-order valence-electron chi connectivity index (χ2n) is 5.87. The number of nitrogens with zero attached hydrogens (tertiary/aromatic N) is 2. The maximum Gasteiger partial charge on any atom is 0.335 e. The molecule has 0 aliphatic rings. The quantitative estimate of drug-likeness (QED) is 0.571. The summed E-state index contributed by atoms with van der Waals surface area (Å²) in [5, 5.41) is 11.6. The molecule has 1 N–H and O–H groups in total. The molecule has 1 heterocycles. The summed E-state index contributed by atoms with van der Waals surface area (Å²) in [6, 6.07) is 17.8. The van der Waals surface area contributed by atoms with E-state index in [-0.39, 0.29) is 11.1 Å². The molecule has 0 unspecified atom stereocenters. The van der Waals surface area contributed by atoms with Gasteiger partial charge in [-0.05, 0) is 54.1 Å². The molecular weight excluding hydrogens is 316 g/mol. The van der Waals surface area contributed by atoms with Gasteiger partial charge in [-0.15, -0.1) is 0 Å². The van der Waals surface area contributed by atoms with Gasteiger partial charge in [0.05, 0.1) is 22.2 Å². The summed E-state index contributed by atoms with van der Waals surface area (Å²) < 4.78 is 1.50. The van der Waals surface area contributed by atoms with Gasteiger partial charge in [0.25, 0.3) is 5.56 Å². The van der Waals surface area contributed by atoms with Gasteiger partial charge in [-0.1, -0.05) is 24.3 Å². The predicted molar refractivity (Wildman–Crippen MR) is 96.5 cm³/mol. The lowest BCUT2D eigenvalue weighted by atomic mass is 10.1. The van der Waals surface area contributed by atoms with E-state index in [1.165, 1.54) is 16.7 Å². The molecule has 5 nitrogen and oxygen atoms in total. The molecule has 0 saturated carbocycles. The summed E-state index contributed by atoms with van der Waals surface area (Å²) in [5.74, 6) is -0.449. The Balaban J connectivity index is 1.99. The molecule has 0 bridgehead atoms. The van der Waals surface area contributed by atoms with Crippen LogP contribution in [0.15, 0.2) is 65.5 Å². The van der Waals surface area contributed by atoms with Crippen LogP contribution in [0.1, 0.15) is 16.2 Å². The molecule has 0 atom stereocenters. The Hall–Kier alpha value is -3.47. The standard InChI is InChI=1S/C20H14N2O3/c1-12-21-18-11-15-5-3-2-4-14(15)10-17(18)19(23)22(12)16-8-6-13(7-9-16)20(24)25/h2-11H,1H3,(H,24,25). The smallest absolute Gasteiger partial charge is 0.335 e. The van der Waals surface area contributed by atoms with Crippen LogP contribution in [-0.2, 0) is 0 Å². The van der Waals surface area contributed by atoms with Crippen molar-refractivity contribution in [2.45, 2.75) is 6.92 Å². The largest absolute Gasteiger partial charge is 0.478 e. The van der Waals surface area contributed by atoms with Gasteiger partial charge in [0.2, 0.25) is 0 Å². The van der Waals surface area contributed by atoms with Crippen LogP contribution in [0.5, 0.6) is 0 Å². The van der Waals surface area contributed by atoms with Crippen LogP contribution in [-0.4, -0.2) is 20.6 Å². The van der Waals surface area contributed by atoms with E-state index in [0.29, 0.717) is 22.4 Å². The van der Waals surface area contributed by atoms with E-state index in [1.54, 1.807) is 19.1 Å². The molecule has 0 saturated heterocycles. The van der Waals surface area contributed by atoms with E-state index in [0.717, 1.165) is 10.8 Å². The van der Waals surface area contributed by atoms with Gasteiger partial charge < -0.3 is 5.11 Å². The van der Waals surface area contributed by atoms with Gasteiger partial charge in [-0.3, -0.25) is 9.36 Å². The normalized spacial score (nSPS) is 11.1. The number of carbonyl (C=O) groups is 1. The molecule has 5 heteroatoms. The lowest BCUT2D eigenvalue weighted by Gasteiger charge is -2.11. The van der Waals surface area contributed by atoms with Crippen LogP contribution in [0.25, 0.3) is 27.4 Å². The van der Waals surface area contributed by atoms with Gasteiger partial charge in [0.1, 0.15) is 5.82 Å². The highest BCUT2D eigenvalue weighted by Crippen LogP contribution is 2.20. The van der Waals surface area contributed by atoms with Crippen molar-refractivity contribution in [1.29, 1.82) is 0 Å². The summed E-state index contributed by atoms with van der Waals surface area (Å²) in [7, 11) is 0. The van der Waals surface area contributed by atoms with E-state index in [1.807, 2.05) is 36.4 Å². The van der Waals surface area contributed by atoms with Crippen LogP contribution in [0.3, 0.4) is 0 Å². The average Bonchev–Trinajstić information content (AvgIpc) is 2.61. The molecule has 4 aromatic rings. The Morgan fingerprint density at radius 3 is 2.28 bits per heavy atom. The fourth-order valence-electron chi connectivity index (χ4n) is 3.04. The molecule has 4 rings (SSSR count). The van der Waals surface area contributed by atoms with Crippen molar-refractivity contribution in [3.8, 4) is 5.69 Å². The zero-order valence-corrected chi connectivity index (χ0v) is 13.4. The SMILES string of the molecule is Cc1nc2cc3ccccc3cc2c(=O)n1-c1ccc(C(=O)O)cc1. The highest BCUT2D eigenvalue weighted by atomic mass is 16.4. The van der Waals surface area contributed by atoms with Crippen molar-refractivity contribution < 1.29 is 9.90 Å². The molecular formula is C20H14N2O3. The number of carboxylic acids is 1. The molecule has 0 fully saturated rings. The molecule has 1 aromatic heterocycles. The zero-order chi connectivity index (χ0) is 17.6. The number of aromatic nitrogens is 2.